The van der Waals surface area contributed by atoms with Gasteiger partial charge in [0.25, 0.3) is 11.9 Å². The lowest BCUT2D eigenvalue weighted by atomic mass is 9.70. The van der Waals surface area contributed by atoms with Gasteiger partial charge in [-0.2, -0.15) is 0 Å². The summed E-state index contributed by atoms with van der Waals surface area (Å²) in [7, 11) is -0.246. The maximum atomic E-state index is 13.4. The first kappa shape index (κ1) is 32.2. The van der Waals surface area contributed by atoms with Gasteiger partial charge in [0.2, 0.25) is 11.8 Å². The third-order valence-corrected chi connectivity index (χ3v) is 6.62. The summed E-state index contributed by atoms with van der Waals surface area (Å²) >= 11 is 0. The Balaban J connectivity index is 1.82. The van der Waals surface area contributed by atoms with Gasteiger partial charge in [0, 0.05) is 12.6 Å². The number of carbonyl (C=O) groups is 5. The molecule has 13 nitrogen and oxygen atoms in total. The molecule has 224 valence electrons. The van der Waals surface area contributed by atoms with Gasteiger partial charge in [-0.15, -0.1) is 0 Å². The van der Waals surface area contributed by atoms with Gasteiger partial charge in [-0.3, -0.25) is 19.2 Å². The third kappa shape index (κ3) is 8.14. The molecule has 0 spiro atoms. The van der Waals surface area contributed by atoms with Gasteiger partial charge in [0.1, 0.15) is 11.7 Å². The minimum Gasteiger partial charge on any atom is -0.508 e. The Hall–Kier alpha value is -4.30. The second-order valence-corrected chi connectivity index (χ2v) is 10.5. The van der Waals surface area contributed by atoms with Crippen molar-refractivity contribution in [1.29, 1.82) is 0 Å². The first-order chi connectivity index (χ1) is 19.8. The number of pyridine rings is 1. The van der Waals surface area contributed by atoms with E-state index in [0.717, 1.165) is 5.56 Å². The van der Waals surface area contributed by atoms with Crippen LogP contribution in [0, 0.1) is 5.92 Å². The van der Waals surface area contributed by atoms with E-state index in [1.54, 1.807) is 12.1 Å². The second kappa shape index (κ2) is 14.1. The van der Waals surface area contributed by atoms with Gasteiger partial charge in [-0.05, 0) is 31.4 Å². The van der Waals surface area contributed by atoms with Gasteiger partial charge in [-0.1, -0.05) is 50.2 Å². The zero-order valence-electron chi connectivity index (χ0n) is 23.8. The van der Waals surface area contributed by atoms with Crippen LogP contribution in [0.15, 0.2) is 48.5 Å². The van der Waals surface area contributed by atoms with Crippen LogP contribution in [0.1, 0.15) is 50.5 Å². The van der Waals surface area contributed by atoms with Crippen molar-refractivity contribution in [3.05, 3.63) is 54.2 Å². The standard InChI is InChI=1S/C28H35BN4O9/c1-16(2)13-21(29-41-23(36)15-28(42-29,27(39)40)14-22(35)30-4)32-26(38)24(17(3)34)33-25(37)20-12-8-11-19(31-20)18-9-6-5-7-10-18/h5-12,16-17,21,24,34H,13-15H2,1-4H3,(H,30,35)(H,32,38)(H,33,37)(H,39,40)/t17?,21?,24?,28-/m0/s1. The number of aliphatic hydroxyl groups excluding tert-OH is 1. The van der Waals surface area contributed by atoms with Crippen molar-refractivity contribution >= 4 is 36.8 Å². The molecular weight excluding hydrogens is 547 g/mol. The van der Waals surface area contributed by atoms with Crippen LogP contribution in [0.3, 0.4) is 0 Å². The average Bonchev–Trinajstić information content (AvgIpc) is 2.95. The van der Waals surface area contributed by atoms with Gasteiger partial charge in [-0.25, -0.2) is 9.78 Å². The van der Waals surface area contributed by atoms with Crippen molar-refractivity contribution in [2.24, 2.45) is 5.92 Å². The topological polar surface area (TPSA) is 193 Å². The maximum absolute atomic E-state index is 13.4. The molecule has 4 atom stereocenters. The number of aromatic nitrogens is 1. The SMILES string of the molecule is CNC(=O)C[C@@]1(C(=O)O)CC(=O)OB(C(CC(C)C)NC(=O)C(NC(=O)c2cccc(-c3ccccc3)n2)C(C)O)O1. The lowest BCUT2D eigenvalue weighted by molar-refractivity contribution is -0.172. The number of nitrogens with zero attached hydrogens (tertiary/aromatic N) is 1. The Kier molecular flexibility index (Phi) is 10.8. The number of aliphatic hydroxyl groups is 1. The van der Waals surface area contributed by atoms with E-state index in [-0.39, 0.29) is 18.0 Å². The number of benzene rings is 1. The Morgan fingerprint density at radius 3 is 2.33 bits per heavy atom. The normalized spacial score (nSPS) is 18.8. The molecule has 0 bridgehead atoms. The summed E-state index contributed by atoms with van der Waals surface area (Å²) in [5, 5.41) is 27.7. The number of amides is 3. The second-order valence-electron chi connectivity index (χ2n) is 10.5. The quantitative estimate of drug-likeness (QED) is 0.223. The van der Waals surface area contributed by atoms with Crippen LogP contribution in [-0.4, -0.2) is 82.7 Å². The molecule has 3 unspecified atom stereocenters. The summed E-state index contributed by atoms with van der Waals surface area (Å²) in [6.45, 7) is 4.95. The molecule has 0 aliphatic carbocycles. The van der Waals surface area contributed by atoms with E-state index >= 15 is 0 Å². The number of hydrogen-bond donors (Lipinski definition) is 5. The highest BCUT2D eigenvalue weighted by Crippen LogP contribution is 2.30. The number of aliphatic carboxylic acids is 1. The molecule has 1 fully saturated rings. The average molecular weight is 582 g/mol. The summed E-state index contributed by atoms with van der Waals surface area (Å²) in [4.78, 5) is 67.6. The van der Waals surface area contributed by atoms with E-state index in [0.29, 0.717) is 5.69 Å². The van der Waals surface area contributed by atoms with E-state index in [2.05, 4.69) is 20.9 Å². The first-order valence-corrected chi connectivity index (χ1v) is 13.5. The highest BCUT2D eigenvalue weighted by molar-refractivity contribution is 6.50. The minimum atomic E-state index is -2.21. The van der Waals surface area contributed by atoms with Gasteiger partial charge < -0.3 is 35.5 Å². The predicted molar refractivity (Wildman–Crippen MR) is 151 cm³/mol. The highest BCUT2D eigenvalue weighted by atomic mass is 16.6. The van der Waals surface area contributed by atoms with Crippen molar-refractivity contribution in [2.75, 3.05) is 7.05 Å². The smallest absolute Gasteiger partial charge is 0.508 e. The Labute approximate surface area is 243 Å². The van der Waals surface area contributed by atoms with E-state index in [1.807, 2.05) is 44.2 Å². The molecule has 2 aromatic rings. The number of carboxylic acids is 1. The fourth-order valence-corrected chi connectivity index (χ4v) is 4.48. The van der Waals surface area contributed by atoms with Crippen molar-refractivity contribution in [3.8, 4) is 11.3 Å². The molecule has 42 heavy (non-hydrogen) atoms. The third-order valence-electron chi connectivity index (χ3n) is 6.62. The summed E-state index contributed by atoms with van der Waals surface area (Å²) in [6.07, 6.45) is -2.56. The first-order valence-electron chi connectivity index (χ1n) is 13.5. The van der Waals surface area contributed by atoms with E-state index in [4.69, 9.17) is 9.31 Å². The predicted octanol–water partition coefficient (Wildman–Crippen LogP) is 0.709. The van der Waals surface area contributed by atoms with Crippen LogP contribution in [0.2, 0.25) is 0 Å². The molecular formula is C28H35BN4O9. The maximum Gasteiger partial charge on any atom is 0.552 e. The fraction of sp³-hybridized carbons (Fsp3) is 0.429. The summed E-state index contributed by atoms with van der Waals surface area (Å²) < 4.78 is 11.0. The van der Waals surface area contributed by atoms with E-state index in [1.165, 1.54) is 20.0 Å². The van der Waals surface area contributed by atoms with Gasteiger partial charge in [0.05, 0.1) is 30.6 Å². The van der Waals surface area contributed by atoms with Crippen LogP contribution in [0.4, 0.5) is 0 Å². The summed E-state index contributed by atoms with van der Waals surface area (Å²) in [5.41, 5.74) is -0.885. The Morgan fingerprint density at radius 1 is 1.05 bits per heavy atom. The van der Waals surface area contributed by atoms with Crippen LogP contribution in [-0.2, 0) is 28.5 Å². The lowest BCUT2D eigenvalue weighted by Crippen LogP contribution is -2.63. The molecule has 1 aliphatic rings. The molecule has 1 saturated heterocycles. The molecule has 3 amide bonds. The number of hydrogen-bond acceptors (Lipinski definition) is 9. The summed E-state index contributed by atoms with van der Waals surface area (Å²) in [5.74, 6) is -5.86. The van der Waals surface area contributed by atoms with Crippen molar-refractivity contribution in [3.63, 3.8) is 0 Å². The minimum absolute atomic E-state index is 0.0125. The van der Waals surface area contributed by atoms with Crippen LogP contribution >= 0.6 is 0 Å². The molecule has 2 heterocycles. The van der Waals surface area contributed by atoms with Crippen molar-refractivity contribution in [1.82, 2.24) is 20.9 Å². The lowest BCUT2D eigenvalue weighted by Gasteiger charge is -2.38. The van der Waals surface area contributed by atoms with Crippen molar-refractivity contribution < 1.29 is 43.5 Å². The molecule has 14 heteroatoms. The van der Waals surface area contributed by atoms with Gasteiger partial charge >= 0.3 is 13.1 Å². The van der Waals surface area contributed by atoms with Crippen LogP contribution < -0.4 is 16.0 Å². The summed E-state index contributed by atoms with van der Waals surface area (Å²) in [6, 6.07) is 12.6. The van der Waals surface area contributed by atoms with Gasteiger partial charge in [0.15, 0.2) is 5.60 Å². The fourth-order valence-electron chi connectivity index (χ4n) is 4.48. The Morgan fingerprint density at radius 2 is 1.74 bits per heavy atom. The zero-order chi connectivity index (χ0) is 31.0. The Bertz CT molecular complexity index is 1310. The number of carbonyl (C=O) groups excluding carboxylic acids is 4. The number of nitrogens with one attached hydrogen (secondary N) is 3. The highest BCUT2D eigenvalue weighted by Gasteiger charge is 2.54. The molecule has 0 radical (unpaired) electrons. The molecule has 5 N–H and O–H groups in total. The molecule has 3 rings (SSSR count). The van der Waals surface area contributed by atoms with E-state index in [9.17, 15) is 34.2 Å². The molecule has 1 aromatic heterocycles. The zero-order valence-corrected chi connectivity index (χ0v) is 23.8. The molecule has 1 aromatic carbocycles. The largest absolute Gasteiger partial charge is 0.552 e. The monoisotopic (exact) mass is 582 g/mol. The van der Waals surface area contributed by atoms with Crippen molar-refractivity contribution in [2.45, 2.75) is 63.7 Å². The van der Waals surface area contributed by atoms with Crippen LogP contribution in [0.5, 0.6) is 0 Å². The molecule has 0 saturated carbocycles. The number of carboxylic acid groups (broad SMARTS) is 1. The number of rotatable bonds is 12. The molecule has 1 aliphatic heterocycles. The van der Waals surface area contributed by atoms with E-state index < -0.39 is 73.3 Å². The van der Waals surface area contributed by atoms with Crippen LogP contribution in [0.25, 0.3) is 11.3 Å².